The molecule has 0 rings (SSSR count). The van der Waals surface area contributed by atoms with Crippen molar-refractivity contribution in [3.8, 4) is 0 Å². The second-order valence-electron chi connectivity index (χ2n) is 17.1. The van der Waals surface area contributed by atoms with Crippen LogP contribution in [0.3, 0.4) is 0 Å². The maximum Gasteiger partial charge on any atom is 0.306 e. The summed E-state index contributed by atoms with van der Waals surface area (Å²) in [4.78, 5) is 37.9. The van der Waals surface area contributed by atoms with Crippen molar-refractivity contribution in [3.63, 3.8) is 0 Å². The lowest BCUT2D eigenvalue weighted by Crippen LogP contribution is -2.30. The van der Waals surface area contributed by atoms with Crippen LogP contribution in [0.1, 0.15) is 245 Å². The molecule has 0 N–H and O–H groups in total. The zero-order chi connectivity index (χ0) is 45.1. The van der Waals surface area contributed by atoms with Gasteiger partial charge in [0.2, 0.25) is 0 Å². The van der Waals surface area contributed by atoms with E-state index in [1.54, 1.807) is 0 Å². The largest absolute Gasteiger partial charge is 0.462 e. The van der Waals surface area contributed by atoms with Crippen molar-refractivity contribution in [2.75, 3.05) is 13.2 Å². The second kappa shape index (κ2) is 50.5. The van der Waals surface area contributed by atoms with Crippen molar-refractivity contribution >= 4 is 17.9 Å². The molecule has 0 saturated heterocycles. The van der Waals surface area contributed by atoms with E-state index >= 15 is 0 Å². The normalized spacial score (nSPS) is 12.6. The Kier molecular flexibility index (Phi) is 47.9. The number of ether oxygens (including phenoxy) is 3. The minimum absolute atomic E-state index is 0.0903. The van der Waals surface area contributed by atoms with Crippen molar-refractivity contribution in [1.82, 2.24) is 0 Å². The highest BCUT2D eigenvalue weighted by Gasteiger charge is 2.19. The van der Waals surface area contributed by atoms with Gasteiger partial charge in [0.25, 0.3) is 0 Å². The van der Waals surface area contributed by atoms with E-state index in [1.165, 1.54) is 103 Å². The molecule has 0 aromatic carbocycles. The van der Waals surface area contributed by atoms with Crippen LogP contribution in [0.25, 0.3) is 0 Å². The highest BCUT2D eigenvalue weighted by atomic mass is 16.6. The van der Waals surface area contributed by atoms with Crippen LogP contribution in [0.5, 0.6) is 0 Å². The van der Waals surface area contributed by atoms with Crippen LogP contribution in [-0.4, -0.2) is 37.2 Å². The lowest BCUT2D eigenvalue weighted by atomic mass is 10.0. The molecule has 0 saturated carbocycles. The van der Waals surface area contributed by atoms with E-state index in [0.717, 1.165) is 103 Å². The minimum atomic E-state index is -0.793. The number of esters is 3. The Morgan fingerprint density at radius 3 is 1.03 bits per heavy atom. The third kappa shape index (κ3) is 47.9. The predicted molar refractivity (Wildman–Crippen MR) is 265 cm³/mol. The summed E-state index contributed by atoms with van der Waals surface area (Å²) < 4.78 is 16.8. The van der Waals surface area contributed by atoms with Crippen LogP contribution in [0.2, 0.25) is 0 Å². The molecule has 0 aliphatic rings. The highest BCUT2D eigenvalue weighted by Crippen LogP contribution is 2.14. The van der Waals surface area contributed by atoms with E-state index in [-0.39, 0.29) is 31.1 Å². The van der Waals surface area contributed by atoms with E-state index in [0.29, 0.717) is 19.3 Å². The Hall–Kier alpha value is -3.15. The molecule has 0 fully saturated rings. The molecule has 0 aromatic rings. The van der Waals surface area contributed by atoms with E-state index < -0.39 is 6.10 Å². The van der Waals surface area contributed by atoms with Gasteiger partial charge in [-0.1, -0.05) is 209 Å². The van der Waals surface area contributed by atoms with Crippen molar-refractivity contribution in [1.29, 1.82) is 0 Å². The molecule has 0 bridgehead atoms. The average molecular weight is 865 g/mol. The Balaban J connectivity index is 4.40. The Bertz CT molecular complexity index is 1180. The van der Waals surface area contributed by atoms with E-state index in [9.17, 15) is 14.4 Å². The van der Waals surface area contributed by atoms with Crippen molar-refractivity contribution in [2.45, 2.75) is 252 Å². The first-order valence-corrected chi connectivity index (χ1v) is 25.9. The SMILES string of the molecule is CC/C=C\C/C=C\C/C=C\CCCCCC(=O)OC(COC(=O)CCCCCCCC/C=C\C/C=C\C/C=C\CCCCC)COC(=O)CCCCCCCCCCCCCC. The summed E-state index contributed by atoms with van der Waals surface area (Å²) in [6.45, 7) is 6.46. The molecule has 356 valence electrons. The van der Waals surface area contributed by atoms with Gasteiger partial charge in [0.1, 0.15) is 13.2 Å². The smallest absolute Gasteiger partial charge is 0.306 e. The molecule has 1 unspecified atom stereocenters. The van der Waals surface area contributed by atoms with Gasteiger partial charge < -0.3 is 14.2 Å². The Morgan fingerprint density at radius 1 is 0.339 bits per heavy atom. The third-order valence-electron chi connectivity index (χ3n) is 10.9. The molecule has 0 spiro atoms. The maximum absolute atomic E-state index is 12.8. The number of carbonyl (C=O) groups is 3. The number of rotatable bonds is 46. The molecule has 0 aliphatic carbocycles. The fourth-order valence-corrected chi connectivity index (χ4v) is 7.05. The van der Waals surface area contributed by atoms with E-state index in [2.05, 4.69) is 93.7 Å². The fourth-order valence-electron chi connectivity index (χ4n) is 7.05. The molecule has 0 amide bonds. The van der Waals surface area contributed by atoms with Crippen LogP contribution in [-0.2, 0) is 28.6 Å². The molecule has 6 heteroatoms. The van der Waals surface area contributed by atoms with E-state index in [4.69, 9.17) is 14.2 Å². The lowest BCUT2D eigenvalue weighted by Gasteiger charge is -2.18. The predicted octanol–water partition coefficient (Wildman–Crippen LogP) is 17.0. The fraction of sp³-hybridized carbons (Fsp3) is 0.732. The quantitative estimate of drug-likeness (QED) is 0.0262. The van der Waals surface area contributed by atoms with Crippen molar-refractivity contribution in [3.05, 3.63) is 72.9 Å². The van der Waals surface area contributed by atoms with E-state index in [1.807, 2.05) is 0 Å². The minimum Gasteiger partial charge on any atom is -0.462 e. The van der Waals surface area contributed by atoms with Crippen molar-refractivity contribution in [2.24, 2.45) is 0 Å². The number of allylic oxidation sites excluding steroid dienone is 12. The molecule has 6 nitrogen and oxygen atoms in total. The summed E-state index contributed by atoms with van der Waals surface area (Å²) in [7, 11) is 0. The van der Waals surface area contributed by atoms with Crippen molar-refractivity contribution < 1.29 is 28.6 Å². The maximum atomic E-state index is 12.8. The number of hydrogen-bond acceptors (Lipinski definition) is 6. The zero-order valence-electron chi connectivity index (χ0n) is 40.6. The average Bonchev–Trinajstić information content (AvgIpc) is 3.27. The molecular weight excluding hydrogens is 769 g/mol. The molecule has 1 atom stereocenters. The van der Waals surface area contributed by atoms with Gasteiger partial charge in [0, 0.05) is 19.3 Å². The van der Waals surface area contributed by atoms with Gasteiger partial charge in [-0.25, -0.2) is 0 Å². The first kappa shape index (κ1) is 58.9. The summed E-state index contributed by atoms with van der Waals surface area (Å²) in [6, 6.07) is 0. The van der Waals surface area contributed by atoms with Crippen LogP contribution < -0.4 is 0 Å². The summed E-state index contributed by atoms with van der Waals surface area (Å²) in [5.74, 6) is -0.931. The van der Waals surface area contributed by atoms with Gasteiger partial charge in [0.05, 0.1) is 0 Å². The van der Waals surface area contributed by atoms with Gasteiger partial charge in [0.15, 0.2) is 6.10 Å². The summed E-state index contributed by atoms with van der Waals surface area (Å²) in [5, 5.41) is 0. The topological polar surface area (TPSA) is 78.9 Å². The molecule has 0 heterocycles. The highest BCUT2D eigenvalue weighted by molar-refractivity contribution is 5.71. The summed E-state index contributed by atoms with van der Waals surface area (Å²) in [6.07, 6.45) is 63.1. The Labute approximate surface area is 382 Å². The van der Waals surface area contributed by atoms with Crippen LogP contribution in [0.15, 0.2) is 72.9 Å². The molecular formula is C56H96O6. The molecule has 0 aromatic heterocycles. The lowest BCUT2D eigenvalue weighted by molar-refractivity contribution is -0.167. The van der Waals surface area contributed by atoms with Gasteiger partial charge in [-0.2, -0.15) is 0 Å². The van der Waals surface area contributed by atoms with Crippen LogP contribution in [0, 0.1) is 0 Å². The molecule has 0 radical (unpaired) electrons. The molecule has 0 aliphatic heterocycles. The number of carbonyl (C=O) groups excluding carboxylic acids is 3. The first-order chi connectivity index (χ1) is 30.5. The van der Waals surface area contributed by atoms with Gasteiger partial charge in [-0.3, -0.25) is 14.4 Å². The number of unbranched alkanes of at least 4 members (excludes halogenated alkanes) is 23. The third-order valence-corrected chi connectivity index (χ3v) is 10.9. The summed E-state index contributed by atoms with van der Waals surface area (Å²) in [5.41, 5.74) is 0. The molecule has 62 heavy (non-hydrogen) atoms. The van der Waals surface area contributed by atoms with Gasteiger partial charge in [-0.15, -0.1) is 0 Å². The standard InChI is InChI=1S/C56H96O6/c1-4-7-10-13-16-19-22-25-26-27-28-29-30-32-34-37-40-43-46-49-55(58)61-52-53(51-60-54(57)48-45-42-39-36-33-24-21-18-15-12-9-6-3)62-56(59)50-47-44-41-38-35-31-23-20-17-14-11-8-5-2/h8,11,16-17,19-20,25-26,28-29,31,35,53H,4-7,9-10,12-15,18,21-24,27,30,32-34,36-52H2,1-3H3/b11-8-,19-16-,20-17-,26-25-,29-28-,35-31-. The van der Waals surface area contributed by atoms with Gasteiger partial charge >= 0.3 is 17.9 Å². The van der Waals surface area contributed by atoms with Crippen LogP contribution >= 0.6 is 0 Å². The first-order valence-electron chi connectivity index (χ1n) is 25.9. The summed E-state index contributed by atoms with van der Waals surface area (Å²) >= 11 is 0. The monoisotopic (exact) mass is 865 g/mol. The Morgan fingerprint density at radius 2 is 0.629 bits per heavy atom. The number of hydrogen-bond donors (Lipinski definition) is 0. The van der Waals surface area contributed by atoms with Crippen LogP contribution in [0.4, 0.5) is 0 Å². The second-order valence-corrected chi connectivity index (χ2v) is 17.1. The zero-order valence-corrected chi connectivity index (χ0v) is 40.6. The van der Waals surface area contributed by atoms with Gasteiger partial charge in [-0.05, 0) is 89.9 Å².